The molecule has 34 heavy (non-hydrogen) atoms. The molecule has 1 aromatic heterocycles. The molecule has 1 saturated heterocycles. The number of aryl methyl sites for hydroxylation is 1. The van der Waals surface area contributed by atoms with Crippen LogP contribution in [-0.4, -0.2) is 66.7 Å². The van der Waals surface area contributed by atoms with E-state index in [0.717, 1.165) is 48.7 Å². The SMILES string of the molecule is Cc1nc(N2CCN(C)CC2)nc2ccc(NC(=O)COc3ccc(OC(C)C)cc3Cl)cc12. The van der Waals surface area contributed by atoms with Gasteiger partial charge in [-0.05, 0) is 58.2 Å². The van der Waals surface area contributed by atoms with Gasteiger partial charge in [0.05, 0.1) is 22.3 Å². The van der Waals surface area contributed by atoms with Gasteiger partial charge in [0.1, 0.15) is 11.5 Å². The fraction of sp³-hybridized carbons (Fsp3) is 0.400. The van der Waals surface area contributed by atoms with Crippen molar-refractivity contribution in [3.63, 3.8) is 0 Å². The fourth-order valence-corrected chi connectivity index (χ4v) is 4.00. The summed E-state index contributed by atoms with van der Waals surface area (Å²) in [6, 6.07) is 10.8. The number of piperazine rings is 1. The first-order chi connectivity index (χ1) is 16.3. The molecule has 0 bridgehead atoms. The summed E-state index contributed by atoms with van der Waals surface area (Å²) in [5.74, 6) is 1.55. The van der Waals surface area contributed by atoms with Crippen LogP contribution in [0.2, 0.25) is 5.02 Å². The summed E-state index contributed by atoms with van der Waals surface area (Å²) in [6.45, 7) is 9.49. The van der Waals surface area contributed by atoms with E-state index in [0.29, 0.717) is 22.2 Å². The highest BCUT2D eigenvalue weighted by Crippen LogP contribution is 2.29. The molecule has 9 heteroatoms. The number of aromatic nitrogens is 2. The van der Waals surface area contributed by atoms with Crippen LogP contribution in [0, 0.1) is 6.92 Å². The van der Waals surface area contributed by atoms with E-state index >= 15 is 0 Å². The largest absolute Gasteiger partial charge is 0.491 e. The summed E-state index contributed by atoms with van der Waals surface area (Å²) in [6.07, 6.45) is 0.0444. The summed E-state index contributed by atoms with van der Waals surface area (Å²) >= 11 is 6.26. The second-order valence-corrected chi connectivity index (χ2v) is 9.13. The van der Waals surface area contributed by atoms with E-state index in [1.165, 1.54) is 0 Å². The highest BCUT2D eigenvalue weighted by Gasteiger charge is 2.18. The average Bonchev–Trinajstić information content (AvgIpc) is 2.79. The Balaban J connectivity index is 1.39. The first kappa shape index (κ1) is 24.0. The molecule has 1 amide bonds. The van der Waals surface area contributed by atoms with Crippen LogP contribution in [0.25, 0.3) is 10.9 Å². The van der Waals surface area contributed by atoms with Gasteiger partial charge < -0.3 is 24.6 Å². The van der Waals surface area contributed by atoms with Crippen molar-refractivity contribution in [2.24, 2.45) is 0 Å². The maximum absolute atomic E-state index is 12.5. The Kier molecular flexibility index (Phi) is 7.38. The highest BCUT2D eigenvalue weighted by atomic mass is 35.5. The first-order valence-corrected chi connectivity index (χ1v) is 11.8. The third-order valence-corrected chi connectivity index (χ3v) is 5.87. The zero-order valence-corrected chi connectivity index (χ0v) is 20.7. The van der Waals surface area contributed by atoms with Crippen LogP contribution in [0.3, 0.4) is 0 Å². The number of halogens is 1. The zero-order valence-electron chi connectivity index (χ0n) is 20.0. The molecule has 1 aliphatic heterocycles. The van der Waals surface area contributed by atoms with Gasteiger partial charge in [0.2, 0.25) is 5.95 Å². The molecule has 0 aliphatic carbocycles. The van der Waals surface area contributed by atoms with Crippen molar-refractivity contribution in [1.82, 2.24) is 14.9 Å². The number of nitrogens with one attached hydrogen (secondary N) is 1. The molecule has 2 aromatic carbocycles. The maximum atomic E-state index is 12.5. The lowest BCUT2D eigenvalue weighted by atomic mass is 10.1. The number of likely N-dealkylation sites (N-methyl/N-ethyl adjacent to an activating group) is 1. The lowest BCUT2D eigenvalue weighted by Crippen LogP contribution is -2.45. The lowest BCUT2D eigenvalue weighted by molar-refractivity contribution is -0.118. The van der Waals surface area contributed by atoms with Crippen molar-refractivity contribution in [1.29, 1.82) is 0 Å². The van der Waals surface area contributed by atoms with Crippen molar-refractivity contribution < 1.29 is 14.3 Å². The van der Waals surface area contributed by atoms with Gasteiger partial charge in [0.25, 0.3) is 5.91 Å². The fourth-order valence-electron chi connectivity index (χ4n) is 3.78. The van der Waals surface area contributed by atoms with Crippen LogP contribution in [0.1, 0.15) is 19.5 Å². The number of carbonyl (C=O) groups is 1. The van der Waals surface area contributed by atoms with Crippen LogP contribution >= 0.6 is 11.6 Å². The number of benzene rings is 2. The molecule has 1 N–H and O–H groups in total. The smallest absolute Gasteiger partial charge is 0.262 e. The standard InChI is InChI=1S/C25H30ClN5O3/c1-16(2)34-19-6-8-23(21(26)14-19)33-15-24(32)28-18-5-7-22-20(13-18)17(3)27-25(29-22)31-11-9-30(4)10-12-31/h5-8,13-14,16H,9-12,15H2,1-4H3,(H,28,32). The van der Waals surface area contributed by atoms with Gasteiger partial charge in [-0.15, -0.1) is 0 Å². The maximum Gasteiger partial charge on any atom is 0.262 e. The molecule has 3 aromatic rings. The van der Waals surface area contributed by atoms with Crippen LogP contribution < -0.4 is 19.7 Å². The molecule has 4 rings (SSSR count). The Bertz CT molecular complexity index is 1180. The number of nitrogens with zero attached hydrogens (tertiary/aromatic N) is 4. The molecule has 0 radical (unpaired) electrons. The molecule has 1 fully saturated rings. The van der Waals surface area contributed by atoms with Crippen molar-refractivity contribution in [2.45, 2.75) is 26.9 Å². The summed E-state index contributed by atoms with van der Waals surface area (Å²) in [4.78, 5) is 26.4. The van der Waals surface area contributed by atoms with E-state index in [4.69, 9.17) is 31.0 Å². The summed E-state index contributed by atoms with van der Waals surface area (Å²) in [5, 5.41) is 4.16. The number of amides is 1. The molecule has 0 saturated carbocycles. The first-order valence-electron chi connectivity index (χ1n) is 11.4. The zero-order chi connectivity index (χ0) is 24.2. The van der Waals surface area contributed by atoms with Gasteiger partial charge in [0, 0.05) is 43.3 Å². The molecule has 8 nitrogen and oxygen atoms in total. The number of ether oxygens (including phenoxy) is 2. The van der Waals surface area contributed by atoms with E-state index in [-0.39, 0.29) is 18.6 Å². The Morgan fingerprint density at radius 3 is 2.59 bits per heavy atom. The number of fused-ring (bicyclic) bond motifs is 1. The Morgan fingerprint density at radius 2 is 1.88 bits per heavy atom. The van der Waals surface area contributed by atoms with Crippen molar-refractivity contribution in [2.75, 3.05) is 50.1 Å². The molecule has 0 atom stereocenters. The molecule has 0 spiro atoms. The summed E-state index contributed by atoms with van der Waals surface area (Å²) in [5.41, 5.74) is 2.39. The van der Waals surface area contributed by atoms with Gasteiger partial charge in [-0.1, -0.05) is 11.6 Å². The molecule has 2 heterocycles. The molecule has 0 unspecified atom stereocenters. The normalized spacial score (nSPS) is 14.5. The van der Waals surface area contributed by atoms with E-state index in [2.05, 4.69) is 22.2 Å². The van der Waals surface area contributed by atoms with Gasteiger partial charge in [-0.2, -0.15) is 0 Å². The molecular formula is C25H30ClN5O3. The second-order valence-electron chi connectivity index (χ2n) is 8.73. The van der Waals surface area contributed by atoms with Crippen LogP contribution in [-0.2, 0) is 4.79 Å². The van der Waals surface area contributed by atoms with Crippen molar-refractivity contribution in [3.8, 4) is 11.5 Å². The predicted molar refractivity (Wildman–Crippen MR) is 135 cm³/mol. The van der Waals surface area contributed by atoms with E-state index < -0.39 is 0 Å². The molecule has 1 aliphatic rings. The third kappa shape index (κ3) is 5.87. The third-order valence-electron chi connectivity index (χ3n) is 5.58. The number of hydrogen-bond donors (Lipinski definition) is 1. The summed E-state index contributed by atoms with van der Waals surface area (Å²) < 4.78 is 11.2. The summed E-state index contributed by atoms with van der Waals surface area (Å²) in [7, 11) is 2.12. The lowest BCUT2D eigenvalue weighted by Gasteiger charge is -2.32. The number of carbonyl (C=O) groups excluding carboxylic acids is 1. The quantitative estimate of drug-likeness (QED) is 0.540. The molecular weight excluding hydrogens is 454 g/mol. The van der Waals surface area contributed by atoms with Crippen molar-refractivity contribution in [3.05, 3.63) is 47.1 Å². The van der Waals surface area contributed by atoms with Crippen molar-refractivity contribution >= 4 is 40.0 Å². The van der Waals surface area contributed by atoms with Gasteiger partial charge >= 0.3 is 0 Å². The van der Waals surface area contributed by atoms with E-state index in [9.17, 15) is 4.79 Å². The van der Waals surface area contributed by atoms with Crippen LogP contribution in [0.15, 0.2) is 36.4 Å². The van der Waals surface area contributed by atoms with Gasteiger partial charge in [0.15, 0.2) is 6.61 Å². The number of hydrogen-bond acceptors (Lipinski definition) is 7. The second kappa shape index (κ2) is 10.4. The Morgan fingerprint density at radius 1 is 1.12 bits per heavy atom. The minimum Gasteiger partial charge on any atom is -0.491 e. The van der Waals surface area contributed by atoms with Crippen LogP contribution in [0.5, 0.6) is 11.5 Å². The van der Waals surface area contributed by atoms with Gasteiger partial charge in [-0.25, -0.2) is 9.97 Å². The monoisotopic (exact) mass is 483 g/mol. The molecule has 180 valence electrons. The Hall–Kier alpha value is -3.10. The highest BCUT2D eigenvalue weighted by molar-refractivity contribution is 6.32. The average molecular weight is 484 g/mol. The predicted octanol–water partition coefficient (Wildman–Crippen LogP) is 4.15. The van der Waals surface area contributed by atoms with E-state index in [1.807, 2.05) is 39.0 Å². The minimum absolute atomic E-state index is 0.0444. The van der Waals surface area contributed by atoms with Gasteiger partial charge in [-0.3, -0.25) is 4.79 Å². The topological polar surface area (TPSA) is 79.8 Å². The number of anilines is 2. The van der Waals surface area contributed by atoms with Crippen LogP contribution in [0.4, 0.5) is 11.6 Å². The number of rotatable bonds is 7. The minimum atomic E-state index is -0.287. The Labute approximate surface area is 204 Å². The van der Waals surface area contributed by atoms with E-state index in [1.54, 1.807) is 18.2 Å².